The van der Waals surface area contributed by atoms with Gasteiger partial charge in [-0.25, -0.2) is 4.39 Å². The van der Waals surface area contributed by atoms with Gasteiger partial charge in [-0.2, -0.15) is 0 Å². The van der Waals surface area contributed by atoms with Gasteiger partial charge in [0.15, 0.2) is 6.10 Å². The van der Waals surface area contributed by atoms with Crippen LogP contribution in [0.25, 0.3) is 0 Å². The predicted octanol–water partition coefficient (Wildman–Crippen LogP) is 4.77. The number of anilines is 1. The second-order valence-electron chi connectivity index (χ2n) is 7.41. The molecule has 0 bridgehead atoms. The number of rotatable bonds is 5. The molecule has 1 aliphatic heterocycles. The van der Waals surface area contributed by atoms with Gasteiger partial charge in [-0.15, -0.1) is 0 Å². The first-order valence-electron chi connectivity index (χ1n) is 9.61. The number of ether oxygens (including phenoxy) is 1. The maximum Gasteiger partial charge on any atom is 0.264 e. The molecule has 1 atom stereocenters. The largest absolute Gasteiger partial charge is 0.480 e. The maximum atomic E-state index is 13.4. The van der Waals surface area contributed by atoms with E-state index in [4.69, 9.17) is 16.3 Å². The fraction of sp³-hybridized carbons (Fsp3) is 0.364. The molecule has 1 aliphatic rings. The number of nitrogens with one attached hydrogen (secondary N) is 1. The van der Waals surface area contributed by atoms with Crippen LogP contribution in [0.1, 0.15) is 38.3 Å². The zero-order chi connectivity index (χ0) is 21.1. The van der Waals surface area contributed by atoms with Crippen molar-refractivity contribution in [2.75, 3.05) is 5.32 Å². The molecule has 0 spiro atoms. The molecule has 0 aliphatic carbocycles. The molecule has 5 nitrogen and oxygen atoms in total. The minimum Gasteiger partial charge on any atom is -0.480 e. The zero-order valence-electron chi connectivity index (χ0n) is 16.7. The van der Waals surface area contributed by atoms with Gasteiger partial charge < -0.3 is 15.0 Å². The summed E-state index contributed by atoms with van der Waals surface area (Å²) < 4.78 is 19.3. The Hall–Kier alpha value is -2.60. The number of benzene rings is 2. The van der Waals surface area contributed by atoms with Crippen molar-refractivity contribution in [3.05, 3.63) is 58.4 Å². The molecular formula is C22H24ClFN2O3. The molecule has 0 radical (unpaired) electrons. The molecule has 29 heavy (non-hydrogen) atoms. The van der Waals surface area contributed by atoms with Crippen LogP contribution in [-0.2, 0) is 22.7 Å². The van der Waals surface area contributed by atoms with Crippen molar-refractivity contribution < 1.29 is 18.7 Å². The van der Waals surface area contributed by atoms with E-state index in [1.165, 1.54) is 12.1 Å². The highest BCUT2D eigenvalue weighted by Gasteiger charge is 2.30. The van der Waals surface area contributed by atoms with Gasteiger partial charge in [0.1, 0.15) is 11.6 Å². The van der Waals surface area contributed by atoms with Crippen LogP contribution in [0.15, 0.2) is 36.4 Å². The smallest absolute Gasteiger partial charge is 0.264 e. The van der Waals surface area contributed by atoms with Crippen molar-refractivity contribution in [3.63, 3.8) is 0 Å². The van der Waals surface area contributed by atoms with E-state index in [-0.39, 0.29) is 29.3 Å². The minimum absolute atomic E-state index is 0.0862. The Labute approximate surface area is 174 Å². The van der Waals surface area contributed by atoms with Gasteiger partial charge in [0.05, 0.1) is 0 Å². The van der Waals surface area contributed by atoms with Gasteiger partial charge in [0.25, 0.3) is 5.91 Å². The molecule has 1 N–H and O–H groups in total. The maximum absolute atomic E-state index is 13.4. The number of hydrogen-bond donors (Lipinski definition) is 1. The molecule has 3 rings (SSSR count). The second-order valence-corrected chi connectivity index (χ2v) is 7.82. The van der Waals surface area contributed by atoms with Crippen LogP contribution in [0.4, 0.5) is 10.1 Å². The van der Waals surface area contributed by atoms with Crippen molar-refractivity contribution in [1.82, 2.24) is 4.90 Å². The van der Waals surface area contributed by atoms with E-state index in [0.717, 1.165) is 5.56 Å². The summed E-state index contributed by atoms with van der Waals surface area (Å²) in [5.41, 5.74) is 2.09. The van der Waals surface area contributed by atoms with Gasteiger partial charge >= 0.3 is 0 Å². The molecule has 2 amide bonds. The third kappa shape index (κ3) is 4.88. The van der Waals surface area contributed by atoms with Crippen LogP contribution in [0, 0.1) is 11.7 Å². The Balaban J connectivity index is 1.91. The summed E-state index contributed by atoms with van der Waals surface area (Å²) in [5.74, 6) is -0.200. The Morgan fingerprint density at radius 1 is 1.31 bits per heavy atom. The van der Waals surface area contributed by atoms with E-state index in [9.17, 15) is 14.0 Å². The Kier molecular flexibility index (Phi) is 6.42. The molecule has 154 valence electrons. The lowest BCUT2D eigenvalue weighted by Gasteiger charge is -2.24. The average Bonchev–Trinajstić information content (AvgIpc) is 2.80. The van der Waals surface area contributed by atoms with E-state index in [1.54, 1.807) is 23.1 Å². The number of fused-ring (bicyclic) bond motifs is 1. The SMILES string of the molecule is CC[C@H]1Oc2ccc(NC(=O)C(C)C)cc2CN(Cc2ccc(F)cc2Cl)C1=O. The van der Waals surface area contributed by atoms with Crippen molar-refractivity contribution in [2.24, 2.45) is 5.92 Å². The van der Waals surface area contributed by atoms with E-state index < -0.39 is 11.9 Å². The molecule has 0 aromatic heterocycles. The number of halogens is 2. The summed E-state index contributed by atoms with van der Waals surface area (Å²) >= 11 is 6.16. The first-order chi connectivity index (χ1) is 13.8. The highest BCUT2D eigenvalue weighted by Crippen LogP contribution is 2.31. The van der Waals surface area contributed by atoms with Gasteiger partial charge in [-0.1, -0.05) is 38.4 Å². The van der Waals surface area contributed by atoms with Gasteiger partial charge in [-0.3, -0.25) is 9.59 Å². The van der Waals surface area contributed by atoms with E-state index in [0.29, 0.717) is 30.0 Å². The Morgan fingerprint density at radius 3 is 2.72 bits per heavy atom. The number of amides is 2. The number of carbonyl (C=O) groups excluding carboxylic acids is 2. The molecule has 7 heteroatoms. The van der Waals surface area contributed by atoms with Crippen LogP contribution >= 0.6 is 11.6 Å². The molecule has 0 unspecified atom stereocenters. The molecule has 0 saturated carbocycles. The summed E-state index contributed by atoms with van der Waals surface area (Å²) in [5, 5.41) is 3.14. The highest BCUT2D eigenvalue weighted by atomic mass is 35.5. The van der Waals surface area contributed by atoms with Crippen molar-refractivity contribution in [2.45, 2.75) is 46.4 Å². The predicted molar refractivity (Wildman–Crippen MR) is 110 cm³/mol. The summed E-state index contributed by atoms with van der Waals surface area (Å²) in [6, 6.07) is 9.50. The number of hydrogen-bond acceptors (Lipinski definition) is 3. The quantitative estimate of drug-likeness (QED) is 0.760. The fourth-order valence-electron chi connectivity index (χ4n) is 3.12. The Morgan fingerprint density at radius 2 is 2.07 bits per heavy atom. The molecule has 2 aromatic rings. The normalized spacial score (nSPS) is 16.3. The van der Waals surface area contributed by atoms with E-state index in [1.807, 2.05) is 26.8 Å². The van der Waals surface area contributed by atoms with Crippen molar-refractivity contribution in [3.8, 4) is 5.75 Å². The first kappa shape index (κ1) is 21.1. The Bertz CT molecular complexity index is 932. The van der Waals surface area contributed by atoms with E-state index in [2.05, 4.69) is 5.32 Å². The second kappa shape index (κ2) is 8.82. The molecular weight excluding hydrogens is 395 g/mol. The highest BCUT2D eigenvalue weighted by molar-refractivity contribution is 6.31. The van der Waals surface area contributed by atoms with Crippen LogP contribution in [0.2, 0.25) is 5.02 Å². The van der Waals surface area contributed by atoms with Crippen molar-refractivity contribution >= 4 is 29.1 Å². The van der Waals surface area contributed by atoms with Gasteiger partial charge in [0, 0.05) is 35.3 Å². The lowest BCUT2D eigenvalue weighted by Crippen LogP contribution is -2.38. The molecule has 2 aromatic carbocycles. The van der Waals surface area contributed by atoms with Gasteiger partial charge in [0.2, 0.25) is 5.91 Å². The third-order valence-corrected chi connectivity index (χ3v) is 5.17. The van der Waals surface area contributed by atoms with E-state index >= 15 is 0 Å². The summed E-state index contributed by atoms with van der Waals surface area (Å²) in [6.07, 6.45) is -0.107. The molecule has 0 saturated heterocycles. The first-order valence-corrected chi connectivity index (χ1v) is 9.99. The third-order valence-electron chi connectivity index (χ3n) is 4.82. The van der Waals surface area contributed by atoms with Gasteiger partial charge in [-0.05, 0) is 42.3 Å². The number of carbonyl (C=O) groups is 2. The van der Waals surface area contributed by atoms with Crippen LogP contribution < -0.4 is 10.1 Å². The summed E-state index contributed by atoms with van der Waals surface area (Å²) in [4.78, 5) is 26.7. The zero-order valence-corrected chi connectivity index (χ0v) is 17.4. The number of nitrogens with zero attached hydrogens (tertiary/aromatic N) is 1. The van der Waals surface area contributed by atoms with Crippen molar-refractivity contribution in [1.29, 1.82) is 0 Å². The topological polar surface area (TPSA) is 58.6 Å². The summed E-state index contributed by atoms with van der Waals surface area (Å²) in [7, 11) is 0. The minimum atomic E-state index is -0.619. The fourth-order valence-corrected chi connectivity index (χ4v) is 3.35. The lowest BCUT2D eigenvalue weighted by molar-refractivity contribution is -0.139. The lowest BCUT2D eigenvalue weighted by atomic mass is 10.1. The molecule has 0 fully saturated rings. The summed E-state index contributed by atoms with van der Waals surface area (Å²) in [6.45, 7) is 6.05. The monoisotopic (exact) mass is 418 g/mol. The average molecular weight is 419 g/mol. The molecule has 1 heterocycles. The standard InChI is InChI=1S/C22H24ClFN2O3/c1-4-19-22(28)26(11-14-5-6-16(24)10-18(14)23)12-15-9-17(7-8-20(15)29-19)25-21(27)13(2)3/h5-10,13,19H,4,11-12H2,1-3H3,(H,25,27)/t19-/m1/s1. The van der Waals surface area contributed by atoms with Crippen LogP contribution in [0.3, 0.4) is 0 Å². The van der Waals surface area contributed by atoms with Crippen LogP contribution in [-0.4, -0.2) is 22.8 Å². The van der Waals surface area contributed by atoms with Crippen LogP contribution in [0.5, 0.6) is 5.75 Å².